The van der Waals surface area contributed by atoms with Crippen LogP contribution < -0.4 is 0 Å². The molecule has 2 nitrogen and oxygen atoms in total. The zero-order valence-corrected chi connectivity index (χ0v) is 23.7. The molecule has 0 bridgehead atoms. The number of phenolic OH excluding ortho intramolecular Hbond substituents is 2. The van der Waals surface area contributed by atoms with Crippen LogP contribution in [0.4, 0.5) is 0 Å². The van der Waals surface area contributed by atoms with Gasteiger partial charge in [0.1, 0.15) is 11.5 Å². The van der Waals surface area contributed by atoms with Crippen molar-refractivity contribution in [1.82, 2.24) is 0 Å². The van der Waals surface area contributed by atoms with Crippen LogP contribution in [0.25, 0.3) is 0 Å². The first-order valence-electron chi connectivity index (χ1n) is 13.8. The van der Waals surface area contributed by atoms with E-state index in [0.29, 0.717) is 35.2 Å². The molecule has 0 radical (unpaired) electrons. The first-order chi connectivity index (χ1) is 17.0. The van der Waals surface area contributed by atoms with Crippen molar-refractivity contribution < 1.29 is 10.2 Å². The number of aromatic hydroxyl groups is 2. The Morgan fingerprint density at radius 2 is 0.667 bits per heavy atom. The standard InChI is InChI=1S/C34H46O2/c1-21(2)31-29(19-13-25-9-15-27(35)16-10-25)33(23(5)6)34(24(7)8)30(32(31)22(3)4)20-14-26-11-17-28(36)18-12-26/h9-12,15-18,21-24,35-36H,13-14,19-20H2,1-8H3. The smallest absolute Gasteiger partial charge is 0.115 e. The molecule has 36 heavy (non-hydrogen) atoms. The predicted octanol–water partition coefficient (Wildman–Crippen LogP) is 9.16. The topological polar surface area (TPSA) is 40.5 Å². The van der Waals surface area contributed by atoms with Gasteiger partial charge in [0.2, 0.25) is 0 Å². The molecule has 2 heteroatoms. The molecule has 2 N–H and O–H groups in total. The van der Waals surface area contributed by atoms with E-state index in [1.54, 1.807) is 57.6 Å². The molecule has 0 aliphatic heterocycles. The molecule has 0 aliphatic carbocycles. The monoisotopic (exact) mass is 486 g/mol. The Bertz CT molecular complexity index is 1000. The molecule has 194 valence electrons. The van der Waals surface area contributed by atoms with E-state index in [1.807, 2.05) is 0 Å². The van der Waals surface area contributed by atoms with E-state index >= 15 is 0 Å². The average molecular weight is 487 g/mol. The number of aryl methyl sites for hydroxylation is 2. The van der Waals surface area contributed by atoms with Crippen molar-refractivity contribution in [3.05, 3.63) is 93.0 Å². The fraction of sp³-hybridized carbons (Fsp3) is 0.471. The number of hydrogen-bond donors (Lipinski definition) is 2. The lowest BCUT2D eigenvalue weighted by molar-refractivity contribution is 0.474. The first-order valence-corrected chi connectivity index (χ1v) is 13.8. The zero-order valence-electron chi connectivity index (χ0n) is 23.7. The van der Waals surface area contributed by atoms with Crippen molar-refractivity contribution in [2.45, 2.75) is 105 Å². The molecular formula is C34H46O2. The molecule has 0 amide bonds. The molecule has 0 fully saturated rings. The van der Waals surface area contributed by atoms with E-state index < -0.39 is 0 Å². The highest BCUT2D eigenvalue weighted by Gasteiger charge is 2.28. The van der Waals surface area contributed by atoms with Gasteiger partial charge in [-0.05, 0) is 118 Å². The van der Waals surface area contributed by atoms with E-state index in [0.717, 1.165) is 25.7 Å². The number of phenols is 2. The van der Waals surface area contributed by atoms with Crippen LogP contribution in [0.5, 0.6) is 11.5 Å². The Morgan fingerprint density at radius 1 is 0.417 bits per heavy atom. The van der Waals surface area contributed by atoms with E-state index in [4.69, 9.17) is 0 Å². The third-order valence-electron chi connectivity index (χ3n) is 7.39. The number of rotatable bonds is 10. The van der Waals surface area contributed by atoms with Gasteiger partial charge in [-0.3, -0.25) is 0 Å². The zero-order chi connectivity index (χ0) is 26.6. The Hall–Kier alpha value is -2.74. The molecule has 3 aromatic carbocycles. The van der Waals surface area contributed by atoms with Crippen LogP contribution in [0.3, 0.4) is 0 Å². The van der Waals surface area contributed by atoms with Crippen molar-refractivity contribution in [3.8, 4) is 11.5 Å². The minimum Gasteiger partial charge on any atom is -0.508 e. The first kappa shape index (κ1) is 27.8. The van der Waals surface area contributed by atoms with Crippen LogP contribution in [0.2, 0.25) is 0 Å². The lowest BCUT2D eigenvalue weighted by atomic mass is 9.72. The summed E-state index contributed by atoms with van der Waals surface area (Å²) in [7, 11) is 0. The van der Waals surface area contributed by atoms with Crippen molar-refractivity contribution in [1.29, 1.82) is 0 Å². The SMILES string of the molecule is CC(C)c1c(CCc2ccc(O)cc2)c(C(C)C)c(C(C)C)c(CCc2ccc(O)cc2)c1C(C)C. The maximum Gasteiger partial charge on any atom is 0.115 e. The number of benzene rings is 3. The summed E-state index contributed by atoms with van der Waals surface area (Å²) in [5, 5.41) is 19.5. The predicted molar refractivity (Wildman–Crippen MR) is 154 cm³/mol. The van der Waals surface area contributed by atoms with Gasteiger partial charge in [0, 0.05) is 0 Å². The molecule has 3 aromatic rings. The molecule has 0 aromatic heterocycles. The summed E-state index contributed by atoms with van der Waals surface area (Å²) in [6, 6.07) is 15.4. The van der Waals surface area contributed by atoms with Crippen molar-refractivity contribution in [3.63, 3.8) is 0 Å². The van der Waals surface area contributed by atoms with Crippen molar-refractivity contribution in [2.24, 2.45) is 0 Å². The second-order valence-electron chi connectivity index (χ2n) is 11.6. The van der Waals surface area contributed by atoms with Crippen LogP contribution in [-0.4, -0.2) is 10.2 Å². The van der Waals surface area contributed by atoms with Crippen LogP contribution in [0.1, 0.15) is 124 Å². The molecule has 3 rings (SSSR count). The van der Waals surface area contributed by atoms with Gasteiger partial charge in [0.05, 0.1) is 0 Å². The van der Waals surface area contributed by atoms with Gasteiger partial charge < -0.3 is 10.2 Å². The quantitative estimate of drug-likeness (QED) is 0.300. The molecular weight excluding hydrogens is 440 g/mol. The van der Waals surface area contributed by atoms with Crippen molar-refractivity contribution in [2.75, 3.05) is 0 Å². The van der Waals surface area contributed by atoms with Crippen molar-refractivity contribution >= 4 is 0 Å². The van der Waals surface area contributed by atoms with Gasteiger partial charge >= 0.3 is 0 Å². The third-order valence-corrected chi connectivity index (χ3v) is 7.39. The van der Waals surface area contributed by atoms with E-state index in [9.17, 15) is 10.2 Å². The highest BCUT2D eigenvalue weighted by molar-refractivity contribution is 5.57. The molecule has 0 aliphatic rings. The van der Waals surface area contributed by atoms with E-state index in [1.165, 1.54) is 11.1 Å². The second-order valence-corrected chi connectivity index (χ2v) is 11.6. The van der Waals surface area contributed by atoms with Crippen LogP contribution in [-0.2, 0) is 25.7 Å². The largest absolute Gasteiger partial charge is 0.508 e. The van der Waals surface area contributed by atoms with E-state index in [2.05, 4.69) is 79.7 Å². The number of hydrogen-bond acceptors (Lipinski definition) is 2. The Morgan fingerprint density at radius 3 is 0.889 bits per heavy atom. The highest BCUT2D eigenvalue weighted by Crippen LogP contribution is 2.43. The summed E-state index contributed by atoms with van der Waals surface area (Å²) in [6.07, 6.45) is 3.98. The van der Waals surface area contributed by atoms with Crippen LogP contribution in [0, 0.1) is 0 Å². The lowest BCUT2D eigenvalue weighted by Crippen LogP contribution is -2.18. The van der Waals surface area contributed by atoms with Crippen LogP contribution in [0.15, 0.2) is 48.5 Å². The van der Waals surface area contributed by atoms with Gasteiger partial charge in [-0.1, -0.05) is 79.7 Å². The third kappa shape index (κ3) is 6.33. The fourth-order valence-electron chi connectivity index (χ4n) is 5.98. The summed E-state index contributed by atoms with van der Waals surface area (Å²) < 4.78 is 0. The molecule has 0 heterocycles. The van der Waals surface area contributed by atoms with Gasteiger partial charge in [0.25, 0.3) is 0 Å². The molecule has 0 unspecified atom stereocenters. The Kier molecular flexibility index (Phi) is 9.28. The highest BCUT2D eigenvalue weighted by atomic mass is 16.3. The van der Waals surface area contributed by atoms with Gasteiger partial charge in [-0.15, -0.1) is 0 Å². The van der Waals surface area contributed by atoms with Gasteiger partial charge in [-0.2, -0.15) is 0 Å². The summed E-state index contributed by atoms with van der Waals surface area (Å²) in [4.78, 5) is 0. The molecule has 0 saturated carbocycles. The normalized spacial score (nSPS) is 11.9. The fourth-order valence-corrected chi connectivity index (χ4v) is 5.98. The molecule has 0 atom stereocenters. The van der Waals surface area contributed by atoms with Gasteiger partial charge in [0.15, 0.2) is 0 Å². The Balaban J connectivity index is 2.20. The molecule has 0 saturated heterocycles. The molecule has 0 spiro atoms. The summed E-state index contributed by atoms with van der Waals surface area (Å²) in [6.45, 7) is 18.8. The summed E-state index contributed by atoms with van der Waals surface area (Å²) >= 11 is 0. The maximum absolute atomic E-state index is 9.74. The summed E-state index contributed by atoms with van der Waals surface area (Å²) in [5.74, 6) is 2.44. The van der Waals surface area contributed by atoms with Crippen LogP contribution >= 0.6 is 0 Å². The minimum absolute atomic E-state index is 0.326. The second kappa shape index (κ2) is 12.0. The minimum atomic E-state index is 0.326. The maximum atomic E-state index is 9.74. The average Bonchev–Trinajstić information content (AvgIpc) is 2.81. The Labute approximate surface area is 219 Å². The van der Waals surface area contributed by atoms with Gasteiger partial charge in [-0.25, -0.2) is 0 Å². The summed E-state index contributed by atoms with van der Waals surface area (Å²) in [5.41, 5.74) is 11.9. The lowest BCUT2D eigenvalue weighted by Gasteiger charge is -2.33. The van der Waals surface area contributed by atoms with E-state index in [-0.39, 0.29) is 0 Å².